The molecular formula is C21H35Cl2N5O. The van der Waals surface area contributed by atoms with Crippen LogP contribution in [0.15, 0.2) is 6.07 Å². The van der Waals surface area contributed by atoms with Crippen molar-refractivity contribution in [3.63, 3.8) is 0 Å². The molecule has 0 aromatic carbocycles. The molecule has 1 aliphatic rings. The minimum absolute atomic E-state index is 0. The Morgan fingerprint density at radius 3 is 2.52 bits per heavy atom. The summed E-state index contributed by atoms with van der Waals surface area (Å²) in [7, 11) is 0. The lowest BCUT2D eigenvalue weighted by atomic mass is 10.0. The smallest absolute Gasteiger partial charge is 0.252 e. The van der Waals surface area contributed by atoms with Crippen LogP contribution in [0.25, 0.3) is 11.0 Å². The third kappa shape index (κ3) is 5.04. The number of fused-ring (bicyclic) bond motifs is 1. The predicted molar refractivity (Wildman–Crippen MR) is 123 cm³/mol. The summed E-state index contributed by atoms with van der Waals surface area (Å²) in [6.45, 7) is 13.1. The van der Waals surface area contributed by atoms with Crippen LogP contribution in [-0.4, -0.2) is 33.3 Å². The Bertz CT molecular complexity index is 857. The van der Waals surface area contributed by atoms with Gasteiger partial charge in [-0.15, -0.1) is 24.8 Å². The molecule has 2 aromatic heterocycles. The average Bonchev–Trinajstić information content (AvgIpc) is 3.17. The first kappa shape index (κ1) is 25.7. The van der Waals surface area contributed by atoms with Crippen LogP contribution >= 0.6 is 24.8 Å². The number of carbonyl (C=O) groups is 1. The molecule has 1 saturated carbocycles. The Balaban J connectivity index is 0.00000210. The number of carbonyl (C=O) groups excluding carboxylic acids is 1. The van der Waals surface area contributed by atoms with E-state index >= 15 is 0 Å². The van der Waals surface area contributed by atoms with Crippen LogP contribution in [0.4, 0.5) is 0 Å². The molecule has 1 amide bonds. The molecular weight excluding hydrogens is 409 g/mol. The van der Waals surface area contributed by atoms with Gasteiger partial charge >= 0.3 is 0 Å². The van der Waals surface area contributed by atoms with Crippen LogP contribution in [0.1, 0.15) is 81.5 Å². The molecule has 0 radical (unpaired) electrons. The highest BCUT2D eigenvalue weighted by atomic mass is 35.5. The highest BCUT2D eigenvalue weighted by Crippen LogP contribution is 2.30. The number of aryl methyl sites for hydroxylation is 1. The van der Waals surface area contributed by atoms with E-state index in [1.54, 1.807) is 0 Å². The van der Waals surface area contributed by atoms with Crippen LogP contribution in [-0.2, 0) is 5.54 Å². The number of pyridine rings is 1. The summed E-state index contributed by atoms with van der Waals surface area (Å²) in [6, 6.07) is 2.10. The molecule has 2 aromatic rings. The summed E-state index contributed by atoms with van der Waals surface area (Å²) in [5, 5.41) is 8.82. The van der Waals surface area contributed by atoms with Crippen molar-refractivity contribution in [1.82, 2.24) is 20.1 Å². The monoisotopic (exact) mass is 443 g/mol. The molecule has 0 saturated heterocycles. The van der Waals surface area contributed by atoms with Gasteiger partial charge < -0.3 is 11.1 Å². The SMILES string of the molecule is Cc1nn(C(C)(C)C)c2nc(C(C)C)cc(C(=O)NC3CCCC3CN)c12.Cl.Cl. The van der Waals surface area contributed by atoms with Crippen molar-refractivity contribution in [2.45, 2.75) is 78.3 Å². The van der Waals surface area contributed by atoms with E-state index in [4.69, 9.17) is 15.8 Å². The molecule has 0 spiro atoms. The third-order valence-electron chi connectivity index (χ3n) is 5.58. The number of nitrogens with two attached hydrogens (primary N) is 1. The molecule has 0 aliphatic heterocycles. The van der Waals surface area contributed by atoms with Gasteiger partial charge in [-0.25, -0.2) is 9.67 Å². The zero-order valence-corrected chi connectivity index (χ0v) is 19.9. The van der Waals surface area contributed by atoms with Crippen molar-refractivity contribution >= 4 is 41.8 Å². The standard InChI is InChI=1S/C21H33N5O.2ClH/c1-12(2)17-10-15(20(27)24-16-9-7-8-14(16)11-22)18-13(3)25-26(19(18)23-17)21(4,5)6;;/h10,12,14,16H,7-9,11,22H2,1-6H3,(H,24,27);2*1H. The molecule has 0 bridgehead atoms. The second kappa shape index (κ2) is 9.63. The van der Waals surface area contributed by atoms with Gasteiger partial charge in [0.25, 0.3) is 5.91 Å². The summed E-state index contributed by atoms with van der Waals surface area (Å²) in [5.74, 6) is 0.563. The van der Waals surface area contributed by atoms with E-state index in [-0.39, 0.29) is 48.2 Å². The summed E-state index contributed by atoms with van der Waals surface area (Å²) >= 11 is 0. The third-order valence-corrected chi connectivity index (χ3v) is 5.58. The number of aromatic nitrogens is 3. The molecule has 2 atom stereocenters. The largest absolute Gasteiger partial charge is 0.349 e. The number of hydrogen-bond acceptors (Lipinski definition) is 4. The van der Waals surface area contributed by atoms with Crippen LogP contribution < -0.4 is 11.1 Å². The lowest BCUT2D eigenvalue weighted by Gasteiger charge is -2.21. The van der Waals surface area contributed by atoms with Crippen molar-refractivity contribution in [1.29, 1.82) is 0 Å². The van der Waals surface area contributed by atoms with E-state index in [2.05, 4.69) is 39.9 Å². The lowest BCUT2D eigenvalue weighted by Crippen LogP contribution is -2.40. The van der Waals surface area contributed by atoms with Gasteiger partial charge in [0.2, 0.25) is 0 Å². The summed E-state index contributed by atoms with van der Waals surface area (Å²) in [4.78, 5) is 18.1. The molecule has 8 heteroatoms. The Morgan fingerprint density at radius 1 is 1.31 bits per heavy atom. The predicted octanol–water partition coefficient (Wildman–Crippen LogP) is 4.32. The van der Waals surface area contributed by atoms with E-state index in [0.29, 0.717) is 18.0 Å². The highest BCUT2D eigenvalue weighted by molar-refractivity contribution is 6.06. The minimum Gasteiger partial charge on any atom is -0.349 e. The molecule has 3 N–H and O–H groups in total. The Labute approximate surface area is 186 Å². The minimum atomic E-state index is -0.209. The zero-order chi connectivity index (χ0) is 19.9. The average molecular weight is 444 g/mol. The van der Waals surface area contributed by atoms with Gasteiger partial charge in [0.05, 0.1) is 22.2 Å². The van der Waals surface area contributed by atoms with Crippen LogP contribution in [0, 0.1) is 12.8 Å². The summed E-state index contributed by atoms with van der Waals surface area (Å²) in [6.07, 6.45) is 3.21. The Morgan fingerprint density at radius 2 is 1.97 bits per heavy atom. The molecule has 3 rings (SSSR count). The highest BCUT2D eigenvalue weighted by Gasteiger charge is 2.30. The van der Waals surface area contributed by atoms with Crippen molar-refractivity contribution < 1.29 is 4.79 Å². The first-order chi connectivity index (χ1) is 12.6. The van der Waals surface area contributed by atoms with Gasteiger partial charge in [-0.2, -0.15) is 5.10 Å². The van der Waals surface area contributed by atoms with Gasteiger partial charge in [-0.1, -0.05) is 20.3 Å². The molecule has 29 heavy (non-hydrogen) atoms. The molecule has 1 fully saturated rings. The van der Waals surface area contributed by atoms with Crippen molar-refractivity contribution in [3.8, 4) is 0 Å². The first-order valence-corrected chi connectivity index (χ1v) is 10.0. The van der Waals surface area contributed by atoms with Crippen LogP contribution in [0.5, 0.6) is 0 Å². The van der Waals surface area contributed by atoms with E-state index < -0.39 is 0 Å². The number of hydrogen-bond donors (Lipinski definition) is 2. The maximum atomic E-state index is 13.2. The van der Waals surface area contributed by atoms with Crippen LogP contribution in [0.3, 0.4) is 0 Å². The van der Waals surface area contributed by atoms with E-state index in [1.165, 1.54) is 0 Å². The van der Waals surface area contributed by atoms with Gasteiger partial charge in [0.15, 0.2) is 5.65 Å². The van der Waals surface area contributed by atoms with Crippen molar-refractivity contribution in [3.05, 3.63) is 23.0 Å². The molecule has 2 heterocycles. The fourth-order valence-electron chi connectivity index (χ4n) is 4.01. The van der Waals surface area contributed by atoms with E-state index in [1.807, 2.05) is 17.7 Å². The number of halogens is 2. The van der Waals surface area contributed by atoms with Crippen molar-refractivity contribution in [2.24, 2.45) is 11.7 Å². The van der Waals surface area contributed by atoms with Gasteiger partial charge in [0, 0.05) is 11.7 Å². The van der Waals surface area contributed by atoms with Gasteiger partial charge in [-0.05, 0) is 65.0 Å². The summed E-state index contributed by atoms with van der Waals surface area (Å²) in [5.41, 5.74) is 8.91. The quantitative estimate of drug-likeness (QED) is 0.736. The van der Waals surface area contributed by atoms with Gasteiger partial charge in [-0.3, -0.25) is 4.79 Å². The van der Waals surface area contributed by atoms with Gasteiger partial charge in [0.1, 0.15) is 0 Å². The number of rotatable bonds is 4. The zero-order valence-electron chi connectivity index (χ0n) is 18.3. The second-order valence-corrected chi connectivity index (χ2v) is 9.12. The fraction of sp³-hybridized carbons (Fsp3) is 0.667. The normalized spacial score (nSPS) is 19.2. The molecule has 1 aliphatic carbocycles. The maximum Gasteiger partial charge on any atom is 0.252 e. The van der Waals surface area contributed by atoms with E-state index in [9.17, 15) is 4.79 Å². The van der Waals surface area contributed by atoms with Crippen molar-refractivity contribution in [2.75, 3.05) is 6.54 Å². The second-order valence-electron chi connectivity index (χ2n) is 9.12. The lowest BCUT2D eigenvalue weighted by molar-refractivity contribution is 0.0930. The maximum absolute atomic E-state index is 13.2. The number of nitrogens with one attached hydrogen (secondary N) is 1. The molecule has 164 valence electrons. The fourth-order valence-corrected chi connectivity index (χ4v) is 4.01. The van der Waals surface area contributed by atoms with Crippen LogP contribution in [0.2, 0.25) is 0 Å². The Hall–Kier alpha value is -1.37. The summed E-state index contributed by atoms with van der Waals surface area (Å²) < 4.78 is 1.94. The number of amides is 1. The van der Waals surface area contributed by atoms with E-state index in [0.717, 1.165) is 41.7 Å². The topological polar surface area (TPSA) is 85.8 Å². The Kier molecular flexibility index (Phi) is 8.52. The molecule has 6 nitrogen and oxygen atoms in total. The molecule has 2 unspecified atom stereocenters. The first-order valence-electron chi connectivity index (χ1n) is 10.0. The number of nitrogens with zero attached hydrogens (tertiary/aromatic N) is 3.